The number of nitrogens with two attached hydrogens (primary N) is 1. The monoisotopic (exact) mass is 250 g/mol. The van der Waals surface area contributed by atoms with E-state index in [0.29, 0.717) is 6.07 Å². The molecule has 0 bridgehead atoms. The van der Waals surface area contributed by atoms with Crippen molar-refractivity contribution in [1.82, 2.24) is 4.98 Å². The zero-order chi connectivity index (χ0) is 12.3. The van der Waals surface area contributed by atoms with E-state index in [2.05, 4.69) is 9.72 Å². The van der Waals surface area contributed by atoms with E-state index in [-0.39, 0.29) is 17.4 Å². The van der Waals surface area contributed by atoms with Gasteiger partial charge in [-0.05, 0) is 6.07 Å². The molecule has 16 heavy (non-hydrogen) atoms. The molecular weight excluding hydrogens is 245 g/mol. The highest BCUT2D eigenvalue weighted by molar-refractivity contribution is 6.32. The van der Waals surface area contributed by atoms with Gasteiger partial charge in [-0.15, -0.1) is 6.42 Å². The van der Waals surface area contributed by atoms with Crippen LogP contribution in [-0.4, -0.2) is 11.6 Å². The van der Waals surface area contributed by atoms with Crippen LogP contribution in [0.15, 0.2) is 6.07 Å². The zero-order valence-corrected chi connectivity index (χ0v) is 8.56. The van der Waals surface area contributed by atoms with Crippen molar-refractivity contribution in [3.63, 3.8) is 0 Å². The fourth-order valence-corrected chi connectivity index (χ4v) is 1.06. The van der Waals surface area contributed by atoms with Crippen molar-refractivity contribution in [2.75, 3.05) is 12.3 Å². The minimum atomic E-state index is -4.63. The third-order valence-corrected chi connectivity index (χ3v) is 1.87. The number of hydrogen-bond donors (Lipinski definition) is 1. The Balaban J connectivity index is 3.23. The van der Waals surface area contributed by atoms with Gasteiger partial charge in [-0.25, -0.2) is 0 Å². The highest BCUT2D eigenvalue weighted by Gasteiger charge is 2.36. The number of terminal acetylenes is 1. The molecule has 0 radical (unpaired) electrons. The van der Waals surface area contributed by atoms with Crippen molar-refractivity contribution in [3.05, 3.63) is 16.7 Å². The molecule has 7 heteroatoms. The van der Waals surface area contributed by atoms with Crippen molar-refractivity contribution >= 4 is 17.4 Å². The van der Waals surface area contributed by atoms with E-state index in [1.54, 1.807) is 0 Å². The summed E-state index contributed by atoms with van der Waals surface area (Å²) < 4.78 is 42.2. The number of pyridine rings is 1. The van der Waals surface area contributed by atoms with E-state index in [1.807, 2.05) is 5.92 Å². The fourth-order valence-electron chi connectivity index (χ4n) is 0.909. The molecule has 0 atom stereocenters. The number of nitrogens with zero attached hydrogens (tertiary/aromatic N) is 1. The number of hydrogen-bond acceptors (Lipinski definition) is 3. The average molecular weight is 251 g/mol. The van der Waals surface area contributed by atoms with E-state index in [4.69, 9.17) is 23.8 Å². The van der Waals surface area contributed by atoms with Crippen LogP contribution in [0.25, 0.3) is 0 Å². The van der Waals surface area contributed by atoms with Crippen LogP contribution in [-0.2, 0) is 6.18 Å². The maximum Gasteiger partial charge on any atom is 0.421 e. The van der Waals surface area contributed by atoms with Crippen molar-refractivity contribution in [2.45, 2.75) is 6.18 Å². The number of ether oxygens (including phenoxy) is 1. The predicted molar refractivity (Wildman–Crippen MR) is 53.0 cm³/mol. The van der Waals surface area contributed by atoms with E-state index < -0.39 is 17.6 Å². The number of halogens is 4. The normalized spacial score (nSPS) is 10.9. The second-order valence-corrected chi connectivity index (χ2v) is 3.11. The highest BCUT2D eigenvalue weighted by Crippen LogP contribution is 2.38. The van der Waals surface area contributed by atoms with Crippen LogP contribution in [0.1, 0.15) is 5.56 Å². The molecule has 1 heterocycles. The van der Waals surface area contributed by atoms with Gasteiger partial charge in [0.25, 0.3) is 0 Å². The van der Waals surface area contributed by atoms with Gasteiger partial charge < -0.3 is 10.5 Å². The molecule has 2 N–H and O–H groups in total. The van der Waals surface area contributed by atoms with E-state index in [0.717, 1.165) is 0 Å². The summed E-state index contributed by atoms with van der Waals surface area (Å²) in [7, 11) is 0. The first-order chi connectivity index (χ1) is 7.36. The summed E-state index contributed by atoms with van der Waals surface area (Å²) >= 11 is 5.44. The topological polar surface area (TPSA) is 48.1 Å². The Morgan fingerprint density at radius 2 is 2.19 bits per heavy atom. The molecule has 3 nitrogen and oxygen atoms in total. The summed E-state index contributed by atoms with van der Waals surface area (Å²) in [5, 5.41) is -0.291. The summed E-state index contributed by atoms with van der Waals surface area (Å²) in [4.78, 5) is 3.38. The highest BCUT2D eigenvalue weighted by atomic mass is 35.5. The smallest absolute Gasteiger partial charge is 0.421 e. The van der Waals surface area contributed by atoms with Crippen molar-refractivity contribution in [3.8, 4) is 18.2 Å². The van der Waals surface area contributed by atoms with Gasteiger partial charge in [0.15, 0.2) is 6.61 Å². The molecule has 0 aliphatic rings. The Hall–Kier alpha value is -1.61. The molecule has 0 fully saturated rings. The Labute approximate surface area is 94.4 Å². The molecule has 0 spiro atoms. The van der Waals surface area contributed by atoms with Crippen LogP contribution in [0.3, 0.4) is 0 Å². The predicted octanol–water partition coefficient (Wildman–Crippen LogP) is 2.35. The van der Waals surface area contributed by atoms with Crippen LogP contribution in [0.4, 0.5) is 19.0 Å². The van der Waals surface area contributed by atoms with Crippen LogP contribution in [0.5, 0.6) is 5.88 Å². The summed E-state index contributed by atoms with van der Waals surface area (Å²) in [6, 6.07) is 0.649. The molecule has 0 amide bonds. The molecule has 0 unspecified atom stereocenters. The van der Waals surface area contributed by atoms with Crippen LogP contribution in [0.2, 0.25) is 5.02 Å². The maximum absolute atomic E-state index is 12.5. The number of anilines is 1. The second-order valence-electron chi connectivity index (χ2n) is 2.70. The Kier molecular flexibility index (Phi) is 3.50. The molecule has 0 saturated heterocycles. The summed E-state index contributed by atoms with van der Waals surface area (Å²) in [6.07, 6.45) is 0.231. The first-order valence-corrected chi connectivity index (χ1v) is 4.33. The van der Waals surface area contributed by atoms with E-state index in [1.165, 1.54) is 0 Å². The maximum atomic E-state index is 12.5. The van der Waals surface area contributed by atoms with Gasteiger partial charge in [-0.3, -0.25) is 0 Å². The van der Waals surface area contributed by atoms with Crippen LogP contribution >= 0.6 is 11.6 Å². The second kappa shape index (κ2) is 4.49. The van der Waals surface area contributed by atoms with Gasteiger partial charge in [-0.2, -0.15) is 18.2 Å². The van der Waals surface area contributed by atoms with Gasteiger partial charge in [0, 0.05) is 0 Å². The van der Waals surface area contributed by atoms with Crippen molar-refractivity contribution in [2.24, 2.45) is 0 Å². The van der Waals surface area contributed by atoms with Gasteiger partial charge in [0.1, 0.15) is 11.4 Å². The lowest BCUT2D eigenvalue weighted by atomic mass is 10.2. The number of nitrogen functional groups attached to an aromatic ring is 1. The van der Waals surface area contributed by atoms with E-state index >= 15 is 0 Å². The molecule has 0 aromatic carbocycles. The lowest BCUT2D eigenvalue weighted by Gasteiger charge is -2.12. The number of alkyl halides is 3. The minimum absolute atomic E-state index is 0.248. The Morgan fingerprint density at radius 3 is 2.69 bits per heavy atom. The van der Waals surface area contributed by atoms with Gasteiger partial charge in [0.05, 0.1) is 5.02 Å². The molecule has 0 aliphatic carbocycles. The molecule has 0 aliphatic heterocycles. The zero-order valence-electron chi connectivity index (χ0n) is 7.81. The van der Waals surface area contributed by atoms with Crippen LogP contribution in [0, 0.1) is 12.3 Å². The Bertz CT molecular complexity index is 440. The first kappa shape index (κ1) is 12.5. The summed E-state index contributed by atoms with van der Waals surface area (Å²) in [6.45, 7) is -0.336. The lowest BCUT2D eigenvalue weighted by Crippen LogP contribution is -2.11. The minimum Gasteiger partial charge on any atom is -0.464 e. The summed E-state index contributed by atoms with van der Waals surface area (Å²) in [5.41, 5.74) is 4.15. The van der Waals surface area contributed by atoms with Crippen LogP contribution < -0.4 is 10.5 Å². The molecule has 1 aromatic heterocycles. The van der Waals surface area contributed by atoms with Gasteiger partial charge in [0.2, 0.25) is 5.88 Å². The molecule has 1 aromatic rings. The Morgan fingerprint density at radius 1 is 1.56 bits per heavy atom. The lowest BCUT2D eigenvalue weighted by molar-refractivity contribution is -0.139. The van der Waals surface area contributed by atoms with E-state index in [9.17, 15) is 13.2 Å². The quantitative estimate of drug-likeness (QED) is 0.820. The first-order valence-electron chi connectivity index (χ1n) is 3.95. The summed E-state index contributed by atoms with van der Waals surface area (Å²) in [5.74, 6) is 1.10. The molecule has 0 saturated carbocycles. The van der Waals surface area contributed by atoms with Crippen molar-refractivity contribution in [1.29, 1.82) is 0 Å². The fraction of sp³-hybridized carbons (Fsp3) is 0.222. The molecule has 1 rings (SSSR count). The SMILES string of the molecule is C#CCOc1nc(N)c(Cl)cc1C(F)(F)F. The third-order valence-electron chi connectivity index (χ3n) is 1.57. The third kappa shape index (κ3) is 2.70. The number of rotatable bonds is 2. The largest absolute Gasteiger partial charge is 0.464 e. The standard InChI is InChI=1S/C9H6ClF3N2O/c1-2-3-16-8-5(9(11,12)13)4-6(10)7(14)15-8/h1,4H,3H2,(H2,14,15). The number of aromatic nitrogens is 1. The molecular formula is C9H6ClF3N2O. The van der Waals surface area contributed by atoms with Crippen molar-refractivity contribution < 1.29 is 17.9 Å². The van der Waals surface area contributed by atoms with Gasteiger partial charge in [-0.1, -0.05) is 17.5 Å². The molecule has 86 valence electrons. The van der Waals surface area contributed by atoms with Gasteiger partial charge >= 0.3 is 6.18 Å². The average Bonchev–Trinajstić information content (AvgIpc) is 2.17.